The van der Waals surface area contributed by atoms with Crippen LogP contribution in [0.3, 0.4) is 0 Å². The fourth-order valence-electron chi connectivity index (χ4n) is 5.53. The molecule has 0 bridgehead atoms. The van der Waals surface area contributed by atoms with Gasteiger partial charge in [-0.15, -0.1) is 0 Å². The van der Waals surface area contributed by atoms with E-state index in [-0.39, 0.29) is 35.8 Å². The minimum Gasteiger partial charge on any atom is -0.316 e. The van der Waals surface area contributed by atoms with E-state index in [9.17, 15) is 19.2 Å². The second-order valence-corrected chi connectivity index (χ2v) is 9.81. The van der Waals surface area contributed by atoms with Crippen molar-refractivity contribution < 1.29 is 14.4 Å². The fraction of sp³-hybridized carbons (Fsp3) is 0.385. The van der Waals surface area contributed by atoms with Gasteiger partial charge in [0.05, 0.1) is 34.5 Å². The van der Waals surface area contributed by atoms with Crippen LogP contribution in [0.2, 0.25) is 0 Å². The van der Waals surface area contributed by atoms with Gasteiger partial charge in [-0.3, -0.25) is 28.8 Å². The van der Waals surface area contributed by atoms with Crippen molar-refractivity contribution in [2.24, 2.45) is 12.5 Å². The molecule has 1 aromatic carbocycles. The van der Waals surface area contributed by atoms with E-state index in [0.717, 1.165) is 25.9 Å². The first kappa shape index (κ1) is 23.1. The van der Waals surface area contributed by atoms with Crippen LogP contribution in [0.1, 0.15) is 43.1 Å². The summed E-state index contributed by atoms with van der Waals surface area (Å²) in [6, 6.07) is 4.56. The summed E-state index contributed by atoms with van der Waals surface area (Å²) in [5.74, 6) is 5.62. The zero-order valence-corrected chi connectivity index (χ0v) is 20.3. The predicted molar refractivity (Wildman–Crippen MR) is 134 cm³/mol. The van der Waals surface area contributed by atoms with E-state index < -0.39 is 11.9 Å². The van der Waals surface area contributed by atoms with Crippen molar-refractivity contribution in [3.63, 3.8) is 0 Å². The quantitative estimate of drug-likeness (QED) is 0.381. The number of nitrogens with one attached hydrogen (secondary N) is 2. The minimum atomic E-state index is -0.736. The number of amides is 3. The lowest BCUT2D eigenvalue weighted by atomic mass is 9.86. The summed E-state index contributed by atoms with van der Waals surface area (Å²) < 4.78 is 2.90. The standard InChI is InChI=1S/C26H25N7O4/c1-31-20-12-16(2-4-18(20)33(25(31)37)19-5-7-22(34)30-23(19)35)3-6-21-28-13-17(14-29-21)32-11-9-26(24(32)36)8-10-27-15-26/h2,4,12-14,19,27H,5,7-11,15H2,1H3,(H,30,34,35). The number of rotatable bonds is 2. The highest BCUT2D eigenvalue weighted by atomic mass is 16.2. The molecule has 3 aliphatic heterocycles. The van der Waals surface area contributed by atoms with E-state index in [2.05, 4.69) is 32.4 Å². The third-order valence-electron chi connectivity index (χ3n) is 7.64. The van der Waals surface area contributed by atoms with Gasteiger partial charge >= 0.3 is 5.69 Å². The maximum Gasteiger partial charge on any atom is 0.329 e. The van der Waals surface area contributed by atoms with Gasteiger partial charge in [0.15, 0.2) is 0 Å². The van der Waals surface area contributed by atoms with Gasteiger partial charge in [-0.1, -0.05) is 5.92 Å². The van der Waals surface area contributed by atoms with Gasteiger partial charge in [-0.2, -0.15) is 0 Å². The molecule has 11 heteroatoms. The number of imidazole rings is 1. The van der Waals surface area contributed by atoms with Crippen LogP contribution >= 0.6 is 0 Å². The number of imide groups is 1. The van der Waals surface area contributed by atoms with E-state index in [0.29, 0.717) is 34.7 Å². The first-order chi connectivity index (χ1) is 17.9. The van der Waals surface area contributed by atoms with E-state index in [1.54, 1.807) is 42.5 Å². The third-order valence-corrected chi connectivity index (χ3v) is 7.64. The lowest BCUT2D eigenvalue weighted by Crippen LogP contribution is -2.44. The summed E-state index contributed by atoms with van der Waals surface area (Å²) in [5.41, 5.74) is 1.92. The Balaban J connectivity index is 1.24. The first-order valence-corrected chi connectivity index (χ1v) is 12.3. The number of aryl methyl sites for hydroxylation is 1. The molecule has 2 N–H and O–H groups in total. The number of nitrogens with zero attached hydrogens (tertiary/aromatic N) is 5. The van der Waals surface area contributed by atoms with Gasteiger partial charge in [0, 0.05) is 32.1 Å². The van der Waals surface area contributed by atoms with Crippen molar-refractivity contribution in [2.75, 3.05) is 24.5 Å². The molecule has 11 nitrogen and oxygen atoms in total. The fourth-order valence-corrected chi connectivity index (χ4v) is 5.53. The summed E-state index contributed by atoms with van der Waals surface area (Å²) in [6.07, 6.45) is 5.41. The van der Waals surface area contributed by atoms with Crippen LogP contribution in [-0.2, 0) is 21.4 Å². The highest BCUT2D eigenvalue weighted by molar-refractivity contribution is 6.00. The zero-order valence-electron chi connectivity index (χ0n) is 20.3. The summed E-state index contributed by atoms with van der Waals surface area (Å²) in [5, 5.41) is 5.60. The van der Waals surface area contributed by atoms with Crippen molar-refractivity contribution in [3.8, 4) is 11.8 Å². The highest BCUT2D eigenvalue weighted by Gasteiger charge is 2.48. The molecule has 2 atom stereocenters. The molecule has 2 aromatic heterocycles. The second kappa shape index (κ2) is 8.67. The maximum absolute atomic E-state index is 13.0. The van der Waals surface area contributed by atoms with Crippen molar-refractivity contribution in [1.82, 2.24) is 29.7 Å². The maximum atomic E-state index is 13.0. The number of hydrogen-bond donors (Lipinski definition) is 2. The molecule has 3 saturated heterocycles. The molecule has 3 fully saturated rings. The van der Waals surface area contributed by atoms with Gasteiger partial charge in [0.25, 0.3) is 0 Å². The van der Waals surface area contributed by atoms with Gasteiger partial charge in [0.2, 0.25) is 23.5 Å². The largest absolute Gasteiger partial charge is 0.329 e. The molecule has 3 aliphatic rings. The van der Waals surface area contributed by atoms with E-state index in [1.165, 1.54) is 9.13 Å². The Morgan fingerprint density at radius 2 is 1.86 bits per heavy atom. The number of aromatic nitrogens is 4. The van der Waals surface area contributed by atoms with Crippen molar-refractivity contribution in [3.05, 3.63) is 52.5 Å². The number of carbonyl (C=O) groups excluding carboxylic acids is 3. The molecule has 6 rings (SSSR count). The van der Waals surface area contributed by atoms with Crippen LogP contribution in [0.4, 0.5) is 5.69 Å². The lowest BCUT2D eigenvalue weighted by Gasteiger charge is -2.21. The van der Waals surface area contributed by atoms with Crippen LogP contribution in [0.25, 0.3) is 11.0 Å². The van der Waals surface area contributed by atoms with Crippen molar-refractivity contribution in [1.29, 1.82) is 0 Å². The van der Waals surface area contributed by atoms with Crippen LogP contribution < -0.4 is 21.2 Å². The van der Waals surface area contributed by atoms with Crippen LogP contribution in [0.5, 0.6) is 0 Å². The Kier molecular flexibility index (Phi) is 5.42. The third kappa shape index (κ3) is 3.81. The minimum absolute atomic E-state index is 0.128. The van der Waals surface area contributed by atoms with Crippen LogP contribution in [0.15, 0.2) is 35.4 Å². The summed E-state index contributed by atoms with van der Waals surface area (Å²) in [7, 11) is 1.64. The second-order valence-electron chi connectivity index (χ2n) is 9.81. The van der Waals surface area contributed by atoms with Crippen LogP contribution in [0, 0.1) is 17.3 Å². The molecule has 5 heterocycles. The van der Waals surface area contributed by atoms with E-state index in [4.69, 9.17) is 0 Å². The smallest absolute Gasteiger partial charge is 0.316 e. The van der Waals surface area contributed by atoms with E-state index >= 15 is 0 Å². The average Bonchev–Trinajstić information content (AvgIpc) is 3.57. The van der Waals surface area contributed by atoms with Gasteiger partial charge < -0.3 is 10.2 Å². The number of fused-ring (bicyclic) bond motifs is 1. The Morgan fingerprint density at radius 1 is 1.05 bits per heavy atom. The number of benzene rings is 1. The summed E-state index contributed by atoms with van der Waals surface area (Å²) >= 11 is 0. The molecular formula is C26H25N7O4. The average molecular weight is 500 g/mol. The Bertz CT molecular complexity index is 1570. The highest BCUT2D eigenvalue weighted by Crippen LogP contribution is 2.39. The monoisotopic (exact) mass is 499 g/mol. The molecule has 37 heavy (non-hydrogen) atoms. The molecule has 3 aromatic rings. The van der Waals surface area contributed by atoms with E-state index in [1.807, 2.05) is 0 Å². The number of hydrogen-bond acceptors (Lipinski definition) is 7. The first-order valence-electron chi connectivity index (χ1n) is 12.3. The Labute approximate surface area is 211 Å². The van der Waals surface area contributed by atoms with Gasteiger partial charge in [-0.05, 0) is 49.9 Å². The molecule has 0 radical (unpaired) electrons. The molecule has 3 amide bonds. The lowest BCUT2D eigenvalue weighted by molar-refractivity contribution is -0.135. The molecule has 188 valence electrons. The van der Waals surface area contributed by atoms with Gasteiger partial charge in [-0.25, -0.2) is 14.8 Å². The number of piperidine rings is 1. The molecule has 0 aliphatic carbocycles. The Hall–Kier alpha value is -4.30. The van der Waals surface area contributed by atoms with Crippen molar-refractivity contribution >= 4 is 34.4 Å². The summed E-state index contributed by atoms with van der Waals surface area (Å²) in [6.45, 7) is 2.25. The Morgan fingerprint density at radius 3 is 2.59 bits per heavy atom. The van der Waals surface area contributed by atoms with Gasteiger partial charge in [0.1, 0.15) is 6.04 Å². The van der Waals surface area contributed by atoms with Crippen molar-refractivity contribution in [2.45, 2.75) is 31.7 Å². The molecule has 1 spiro atoms. The molecule has 0 saturated carbocycles. The topological polar surface area (TPSA) is 131 Å². The summed E-state index contributed by atoms with van der Waals surface area (Å²) in [4.78, 5) is 60.2. The predicted octanol–water partition coefficient (Wildman–Crippen LogP) is 0.224. The van der Waals surface area contributed by atoms with Crippen LogP contribution in [-0.4, -0.2) is 56.5 Å². The normalized spacial score (nSPS) is 23.5. The zero-order chi connectivity index (χ0) is 25.7. The SMILES string of the molecule is Cn1c(=O)n(C2CCC(=O)NC2=O)c2ccc(C#Cc3ncc(N4CCC5(CCNC5)C4=O)cn3)cc21. The number of anilines is 1. The molecule has 2 unspecified atom stereocenters. The molecular weight excluding hydrogens is 474 g/mol. The number of carbonyl (C=O) groups is 3.